The van der Waals surface area contributed by atoms with E-state index in [0.717, 1.165) is 31.0 Å². The fourth-order valence-corrected chi connectivity index (χ4v) is 5.55. The van der Waals surface area contributed by atoms with E-state index in [1.54, 1.807) is 12.1 Å². The molecule has 0 spiro atoms. The second kappa shape index (κ2) is 11.3. The third-order valence-corrected chi connectivity index (χ3v) is 7.71. The van der Waals surface area contributed by atoms with Crippen LogP contribution < -0.4 is 15.5 Å². The number of aliphatic hydroxyl groups is 1. The maximum Gasteiger partial charge on any atom is 0.425 e. The minimum atomic E-state index is -5.22. The molecule has 1 aromatic carbocycles. The Morgan fingerprint density at radius 2 is 1.69 bits per heavy atom. The molecule has 2 aliphatic rings. The predicted molar refractivity (Wildman–Crippen MR) is 142 cm³/mol. The molecule has 7 nitrogen and oxygen atoms in total. The van der Waals surface area contributed by atoms with Gasteiger partial charge in [0.1, 0.15) is 0 Å². The minimum Gasteiger partial charge on any atom is -0.392 e. The molecule has 0 radical (unpaired) electrons. The van der Waals surface area contributed by atoms with Crippen LogP contribution in [0.25, 0.3) is 0 Å². The molecule has 3 unspecified atom stereocenters. The molecule has 2 fully saturated rings. The number of halogens is 3. The molecule has 39 heavy (non-hydrogen) atoms. The summed E-state index contributed by atoms with van der Waals surface area (Å²) in [4.78, 5) is 32.7. The lowest BCUT2D eigenvalue weighted by Gasteiger charge is -2.45. The van der Waals surface area contributed by atoms with E-state index in [1.807, 2.05) is 20.8 Å². The molecule has 4 rings (SSSR count). The summed E-state index contributed by atoms with van der Waals surface area (Å²) in [5, 5.41) is 15.6. The van der Waals surface area contributed by atoms with E-state index in [-0.39, 0.29) is 24.1 Å². The monoisotopic (exact) mass is 546 g/mol. The van der Waals surface area contributed by atoms with Crippen LogP contribution in [0.5, 0.6) is 0 Å². The zero-order chi connectivity index (χ0) is 28.4. The van der Waals surface area contributed by atoms with Gasteiger partial charge in [0.2, 0.25) is 11.4 Å². The number of β-amino-alcohol motifs (C(OH)–C–C–N with tert-alkyl or cyclic N) is 1. The van der Waals surface area contributed by atoms with Crippen LogP contribution in [0.2, 0.25) is 0 Å². The fraction of sp³-hybridized carbons (Fsp3) is 0.552. The average molecular weight is 547 g/mol. The van der Waals surface area contributed by atoms with Gasteiger partial charge in [-0.05, 0) is 48.4 Å². The summed E-state index contributed by atoms with van der Waals surface area (Å²) in [6.45, 7) is 5.99. The van der Waals surface area contributed by atoms with Crippen LogP contribution in [0.4, 0.5) is 18.9 Å². The van der Waals surface area contributed by atoms with E-state index in [2.05, 4.69) is 15.6 Å². The Kier molecular flexibility index (Phi) is 8.37. The van der Waals surface area contributed by atoms with Crippen molar-refractivity contribution < 1.29 is 27.9 Å². The number of aliphatic hydroxyl groups excluding tert-OH is 1. The number of rotatable bonds is 6. The van der Waals surface area contributed by atoms with E-state index < -0.39 is 47.3 Å². The van der Waals surface area contributed by atoms with Crippen LogP contribution in [0, 0.1) is 0 Å². The van der Waals surface area contributed by atoms with Gasteiger partial charge in [0.15, 0.2) is 0 Å². The third-order valence-electron chi connectivity index (χ3n) is 7.71. The predicted octanol–water partition coefficient (Wildman–Crippen LogP) is 4.34. The zero-order valence-corrected chi connectivity index (χ0v) is 22.6. The second-order valence-corrected chi connectivity index (χ2v) is 11.6. The molecule has 2 aromatic rings. The topological polar surface area (TPSA) is 94.6 Å². The van der Waals surface area contributed by atoms with Crippen LogP contribution in [-0.2, 0) is 20.5 Å². The number of hydrogen-bond donors (Lipinski definition) is 3. The molecule has 2 heterocycles. The number of carbonyl (C=O) groups excluding carboxylic acids is 2. The van der Waals surface area contributed by atoms with Crippen molar-refractivity contribution in [3.8, 4) is 0 Å². The summed E-state index contributed by atoms with van der Waals surface area (Å²) in [6, 6.07) is 7.23. The smallest absolute Gasteiger partial charge is 0.392 e. The van der Waals surface area contributed by atoms with Gasteiger partial charge in [0, 0.05) is 36.2 Å². The van der Waals surface area contributed by atoms with Gasteiger partial charge < -0.3 is 15.7 Å². The highest BCUT2D eigenvalue weighted by molar-refractivity contribution is 6.07. The standard InChI is InChI=1S/C29H37F3N4O3/c1-27(2,3)19-11-13-22(14-12-19)36(25(38)24-16-23(37)18-34-24)28(29(30,31)32,20-8-7-15-33-17-20)26(39)35-21-9-5-4-6-10-21/h7-8,11-15,17,21,23-24,34,37H,4-6,9-10,16,18H2,1-3H3,(H,35,39). The van der Waals surface area contributed by atoms with Crippen molar-refractivity contribution in [2.45, 2.75) is 94.6 Å². The van der Waals surface area contributed by atoms with Crippen LogP contribution in [0.15, 0.2) is 48.8 Å². The number of benzene rings is 1. The molecule has 1 aliphatic heterocycles. The Morgan fingerprint density at radius 3 is 2.21 bits per heavy atom. The Labute approximate surface area is 227 Å². The van der Waals surface area contributed by atoms with Gasteiger partial charge >= 0.3 is 6.18 Å². The van der Waals surface area contributed by atoms with Gasteiger partial charge in [-0.1, -0.05) is 58.2 Å². The Morgan fingerprint density at radius 1 is 1.03 bits per heavy atom. The first kappa shape index (κ1) is 29.0. The first-order valence-corrected chi connectivity index (χ1v) is 13.5. The fourth-order valence-electron chi connectivity index (χ4n) is 5.55. The van der Waals surface area contributed by atoms with Gasteiger partial charge in [-0.3, -0.25) is 19.5 Å². The molecule has 0 bridgehead atoms. The van der Waals surface area contributed by atoms with E-state index in [4.69, 9.17) is 0 Å². The van der Waals surface area contributed by atoms with Crippen LogP contribution in [-0.4, -0.2) is 52.8 Å². The Hall–Kier alpha value is -2.98. The first-order chi connectivity index (χ1) is 18.4. The quantitative estimate of drug-likeness (QED) is 0.501. The lowest BCUT2D eigenvalue weighted by Crippen LogP contribution is -2.69. The lowest BCUT2D eigenvalue weighted by molar-refractivity contribution is -0.197. The van der Waals surface area contributed by atoms with Gasteiger partial charge in [0.25, 0.3) is 5.91 Å². The van der Waals surface area contributed by atoms with Crippen molar-refractivity contribution in [3.63, 3.8) is 0 Å². The number of nitrogens with one attached hydrogen (secondary N) is 2. The van der Waals surface area contributed by atoms with E-state index >= 15 is 13.2 Å². The van der Waals surface area contributed by atoms with E-state index in [0.29, 0.717) is 17.7 Å². The Balaban J connectivity index is 1.94. The third kappa shape index (κ3) is 5.82. The number of hydrogen-bond acceptors (Lipinski definition) is 5. The van der Waals surface area contributed by atoms with Crippen molar-refractivity contribution >= 4 is 17.5 Å². The molecule has 1 aromatic heterocycles. The van der Waals surface area contributed by atoms with Gasteiger partial charge in [-0.2, -0.15) is 13.2 Å². The molecule has 10 heteroatoms. The van der Waals surface area contributed by atoms with Crippen LogP contribution in [0.3, 0.4) is 0 Å². The molecule has 3 N–H and O–H groups in total. The number of amides is 2. The number of carbonyl (C=O) groups is 2. The number of nitrogens with zero attached hydrogens (tertiary/aromatic N) is 2. The van der Waals surface area contributed by atoms with E-state index in [1.165, 1.54) is 30.5 Å². The van der Waals surface area contributed by atoms with Gasteiger partial charge in [0.05, 0.1) is 12.1 Å². The van der Waals surface area contributed by atoms with Crippen molar-refractivity contribution in [1.82, 2.24) is 15.6 Å². The van der Waals surface area contributed by atoms with Crippen molar-refractivity contribution in [3.05, 3.63) is 59.9 Å². The van der Waals surface area contributed by atoms with E-state index in [9.17, 15) is 14.7 Å². The summed E-state index contributed by atoms with van der Waals surface area (Å²) in [5.41, 5.74) is -3.35. The van der Waals surface area contributed by atoms with Crippen molar-refractivity contribution in [2.75, 3.05) is 11.4 Å². The number of alkyl halides is 3. The highest BCUT2D eigenvalue weighted by Gasteiger charge is 2.68. The molecular formula is C29H37F3N4O3. The molecule has 3 atom stereocenters. The second-order valence-electron chi connectivity index (χ2n) is 11.6. The molecular weight excluding hydrogens is 509 g/mol. The normalized spacial score (nSPS) is 22.2. The van der Waals surface area contributed by atoms with Gasteiger partial charge in [-0.15, -0.1) is 0 Å². The number of anilines is 1. The largest absolute Gasteiger partial charge is 0.425 e. The lowest BCUT2D eigenvalue weighted by atomic mass is 9.83. The Bertz CT molecular complexity index is 1150. The highest BCUT2D eigenvalue weighted by Crippen LogP contribution is 2.47. The molecule has 212 valence electrons. The summed E-state index contributed by atoms with van der Waals surface area (Å²) >= 11 is 0. The summed E-state index contributed by atoms with van der Waals surface area (Å²) < 4.78 is 46.9. The highest BCUT2D eigenvalue weighted by atomic mass is 19.4. The first-order valence-electron chi connectivity index (χ1n) is 13.5. The molecule has 1 aliphatic carbocycles. The zero-order valence-electron chi connectivity index (χ0n) is 22.6. The summed E-state index contributed by atoms with van der Waals surface area (Å²) in [7, 11) is 0. The van der Waals surface area contributed by atoms with Crippen LogP contribution >= 0.6 is 0 Å². The maximum absolute atomic E-state index is 15.6. The average Bonchev–Trinajstić information content (AvgIpc) is 3.33. The number of pyridine rings is 1. The van der Waals surface area contributed by atoms with Gasteiger partial charge in [-0.25, -0.2) is 0 Å². The molecule has 2 amide bonds. The SMILES string of the molecule is CC(C)(C)c1ccc(N(C(=O)C2CC(O)CN2)C(C(=O)NC2CCCCC2)(c2cccnc2)C(F)(F)F)cc1. The molecule has 1 saturated carbocycles. The van der Waals surface area contributed by atoms with Crippen molar-refractivity contribution in [1.29, 1.82) is 0 Å². The summed E-state index contributed by atoms with van der Waals surface area (Å²) in [6.07, 6.45) is -0.162. The number of aromatic nitrogens is 1. The summed E-state index contributed by atoms with van der Waals surface area (Å²) in [5.74, 6) is -2.27. The van der Waals surface area contributed by atoms with Crippen molar-refractivity contribution in [2.24, 2.45) is 0 Å². The minimum absolute atomic E-state index is 0.0629. The maximum atomic E-state index is 15.6. The van der Waals surface area contributed by atoms with Crippen LogP contribution in [0.1, 0.15) is 70.4 Å². The molecule has 1 saturated heterocycles.